The third-order valence-corrected chi connectivity index (χ3v) is 4.46. The summed E-state index contributed by atoms with van der Waals surface area (Å²) < 4.78 is 28.0. The molecule has 1 aliphatic rings. The third kappa shape index (κ3) is 3.55. The lowest BCUT2D eigenvalue weighted by Crippen LogP contribution is -2.30. The first-order valence-corrected chi connectivity index (χ1v) is 7.54. The minimum Gasteiger partial charge on any atom is -0.271 e. The Kier molecular flexibility index (Phi) is 5.49. The summed E-state index contributed by atoms with van der Waals surface area (Å²) in [4.78, 5) is 0. The number of halogens is 2. The lowest BCUT2D eigenvalue weighted by Gasteiger charge is -2.24. The van der Waals surface area contributed by atoms with Gasteiger partial charge in [0.15, 0.2) is 0 Å². The number of rotatable bonds is 5. The second kappa shape index (κ2) is 7.14. The molecule has 0 aromatic heterocycles. The summed E-state index contributed by atoms with van der Waals surface area (Å²) in [5, 5.41) is 0. The topological polar surface area (TPSA) is 38.0 Å². The van der Waals surface area contributed by atoms with Gasteiger partial charge in [-0.25, -0.2) is 8.78 Å². The van der Waals surface area contributed by atoms with Crippen LogP contribution in [-0.2, 0) is 0 Å². The van der Waals surface area contributed by atoms with E-state index in [1.165, 1.54) is 44.2 Å². The van der Waals surface area contributed by atoms with Crippen LogP contribution in [0.1, 0.15) is 62.1 Å². The Morgan fingerprint density at radius 3 is 2.60 bits per heavy atom. The van der Waals surface area contributed by atoms with E-state index in [-0.39, 0.29) is 5.56 Å². The highest BCUT2D eigenvalue weighted by Crippen LogP contribution is 2.32. The van der Waals surface area contributed by atoms with Gasteiger partial charge in [-0.1, -0.05) is 38.2 Å². The van der Waals surface area contributed by atoms with Crippen LogP contribution >= 0.6 is 0 Å². The van der Waals surface area contributed by atoms with E-state index >= 15 is 0 Å². The van der Waals surface area contributed by atoms with Crippen molar-refractivity contribution >= 4 is 0 Å². The van der Waals surface area contributed by atoms with Gasteiger partial charge in [-0.2, -0.15) is 0 Å². The molecule has 2 rings (SSSR count). The molecular weight excluding hydrogens is 258 g/mol. The van der Waals surface area contributed by atoms with Crippen LogP contribution in [0, 0.1) is 24.5 Å². The van der Waals surface area contributed by atoms with Crippen LogP contribution < -0.4 is 11.3 Å². The predicted molar refractivity (Wildman–Crippen MR) is 77.0 cm³/mol. The molecule has 1 unspecified atom stereocenters. The Morgan fingerprint density at radius 2 is 1.95 bits per heavy atom. The number of hydrogen-bond acceptors (Lipinski definition) is 2. The molecule has 0 aliphatic heterocycles. The van der Waals surface area contributed by atoms with Gasteiger partial charge < -0.3 is 0 Å². The maximum Gasteiger partial charge on any atom is 0.133 e. The molecule has 0 amide bonds. The van der Waals surface area contributed by atoms with Gasteiger partial charge in [0.1, 0.15) is 11.6 Å². The molecule has 0 heterocycles. The van der Waals surface area contributed by atoms with E-state index in [0.29, 0.717) is 17.9 Å². The molecule has 3 N–H and O–H groups in total. The maximum absolute atomic E-state index is 14.1. The van der Waals surface area contributed by atoms with Crippen LogP contribution in [0.15, 0.2) is 12.1 Å². The average Bonchev–Trinajstić information content (AvgIpc) is 2.47. The van der Waals surface area contributed by atoms with Crippen LogP contribution in [0.5, 0.6) is 0 Å². The van der Waals surface area contributed by atoms with Crippen LogP contribution in [0.25, 0.3) is 0 Å². The minimum absolute atomic E-state index is 0.0864. The highest BCUT2D eigenvalue weighted by molar-refractivity contribution is 5.29. The van der Waals surface area contributed by atoms with Crippen molar-refractivity contribution in [2.45, 2.75) is 57.9 Å². The van der Waals surface area contributed by atoms with E-state index < -0.39 is 17.7 Å². The Balaban J connectivity index is 2.06. The van der Waals surface area contributed by atoms with Gasteiger partial charge in [0.25, 0.3) is 0 Å². The molecule has 1 saturated carbocycles. The fourth-order valence-corrected chi connectivity index (χ4v) is 3.19. The molecule has 1 aromatic carbocycles. The monoisotopic (exact) mass is 282 g/mol. The van der Waals surface area contributed by atoms with Crippen LogP contribution in [0.3, 0.4) is 0 Å². The van der Waals surface area contributed by atoms with Crippen molar-refractivity contribution < 1.29 is 8.78 Å². The first-order chi connectivity index (χ1) is 9.63. The number of hydrogen-bond donors (Lipinski definition) is 2. The second-order valence-corrected chi connectivity index (χ2v) is 5.89. The fourth-order valence-electron chi connectivity index (χ4n) is 3.19. The van der Waals surface area contributed by atoms with Crippen LogP contribution in [0.4, 0.5) is 8.78 Å². The van der Waals surface area contributed by atoms with Crippen molar-refractivity contribution in [3.05, 3.63) is 34.9 Å². The molecule has 1 aliphatic carbocycles. The maximum atomic E-state index is 14.1. The van der Waals surface area contributed by atoms with Crippen molar-refractivity contribution in [3.63, 3.8) is 0 Å². The van der Waals surface area contributed by atoms with Gasteiger partial charge in [0.05, 0.1) is 6.04 Å². The highest BCUT2D eigenvalue weighted by atomic mass is 19.1. The van der Waals surface area contributed by atoms with E-state index in [2.05, 4.69) is 5.43 Å². The van der Waals surface area contributed by atoms with Crippen molar-refractivity contribution in [1.29, 1.82) is 0 Å². The van der Waals surface area contributed by atoms with E-state index in [9.17, 15) is 8.78 Å². The summed E-state index contributed by atoms with van der Waals surface area (Å²) in [7, 11) is 0. The zero-order valence-electron chi connectivity index (χ0n) is 12.1. The zero-order chi connectivity index (χ0) is 14.5. The highest BCUT2D eigenvalue weighted by Gasteiger charge is 2.22. The lowest BCUT2D eigenvalue weighted by molar-refractivity contribution is 0.310. The van der Waals surface area contributed by atoms with Gasteiger partial charge in [-0.05, 0) is 37.3 Å². The number of nitrogens with one attached hydrogen (secondary N) is 1. The molecule has 20 heavy (non-hydrogen) atoms. The quantitative estimate of drug-likeness (QED) is 0.629. The lowest BCUT2D eigenvalue weighted by atomic mass is 9.84. The minimum atomic E-state index is -0.514. The number of nitrogens with two attached hydrogens (primary N) is 1. The van der Waals surface area contributed by atoms with Crippen LogP contribution in [0.2, 0.25) is 0 Å². The van der Waals surface area contributed by atoms with E-state index in [1.54, 1.807) is 6.92 Å². The Labute approximate surface area is 119 Å². The first-order valence-electron chi connectivity index (χ1n) is 7.54. The normalized spacial score (nSPS) is 18.2. The second-order valence-electron chi connectivity index (χ2n) is 5.89. The van der Waals surface area contributed by atoms with Crippen LogP contribution in [-0.4, -0.2) is 0 Å². The molecule has 112 valence electrons. The molecule has 0 radical (unpaired) electrons. The third-order valence-electron chi connectivity index (χ3n) is 4.46. The largest absolute Gasteiger partial charge is 0.271 e. The molecule has 1 atom stereocenters. The Bertz CT molecular complexity index is 442. The molecule has 1 aromatic rings. The smallest absolute Gasteiger partial charge is 0.133 e. The summed E-state index contributed by atoms with van der Waals surface area (Å²) >= 11 is 0. The molecule has 1 fully saturated rings. The summed E-state index contributed by atoms with van der Waals surface area (Å²) in [6, 6.07) is 2.33. The molecule has 0 spiro atoms. The zero-order valence-corrected chi connectivity index (χ0v) is 12.1. The molecule has 0 bridgehead atoms. The number of hydrazine groups is 1. The van der Waals surface area contributed by atoms with Crippen molar-refractivity contribution in [2.75, 3.05) is 0 Å². The predicted octanol–water partition coefficient (Wildman–Crippen LogP) is 4.14. The SMILES string of the molecule is Cc1ccc(F)c(C(CCC2CCCCC2)NN)c1F. The Hall–Kier alpha value is -1.00. The van der Waals surface area contributed by atoms with Crippen molar-refractivity contribution in [3.8, 4) is 0 Å². The van der Waals surface area contributed by atoms with Gasteiger partial charge >= 0.3 is 0 Å². The first kappa shape index (κ1) is 15.4. The van der Waals surface area contributed by atoms with Gasteiger partial charge in [0, 0.05) is 5.56 Å². The molecule has 0 saturated heterocycles. The number of benzene rings is 1. The Morgan fingerprint density at radius 1 is 1.25 bits per heavy atom. The van der Waals surface area contributed by atoms with Gasteiger partial charge in [-0.3, -0.25) is 11.3 Å². The molecule has 2 nitrogen and oxygen atoms in total. The number of aryl methyl sites for hydroxylation is 1. The summed E-state index contributed by atoms with van der Waals surface area (Å²) in [5.74, 6) is 5.21. The van der Waals surface area contributed by atoms with Crippen molar-refractivity contribution in [1.82, 2.24) is 5.43 Å². The average molecular weight is 282 g/mol. The summed E-state index contributed by atoms with van der Waals surface area (Å²) in [6.07, 6.45) is 7.99. The summed E-state index contributed by atoms with van der Waals surface area (Å²) in [6.45, 7) is 1.65. The summed E-state index contributed by atoms with van der Waals surface area (Å²) in [5.41, 5.74) is 3.13. The van der Waals surface area contributed by atoms with Gasteiger partial charge in [0.2, 0.25) is 0 Å². The van der Waals surface area contributed by atoms with E-state index in [4.69, 9.17) is 5.84 Å². The fraction of sp³-hybridized carbons (Fsp3) is 0.625. The van der Waals surface area contributed by atoms with E-state index in [1.807, 2.05) is 0 Å². The molecular formula is C16H24F2N2. The van der Waals surface area contributed by atoms with E-state index in [0.717, 1.165) is 6.42 Å². The van der Waals surface area contributed by atoms with Gasteiger partial charge in [-0.15, -0.1) is 0 Å². The molecule has 4 heteroatoms. The standard InChI is InChI=1S/C16H24F2N2/c1-11-7-9-13(17)15(16(11)18)14(20-19)10-8-12-5-3-2-4-6-12/h7,9,12,14,20H,2-6,8,10,19H2,1H3. The van der Waals surface area contributed by atoms with Crippen molar-refractivity contribution in [2.24, 2.45) is 11.8 Å².